The molecule has 1 fully saturated rings. The molecule has 126 valence electrons. The van der Waals surface area contributed by atoms with Crippen molar-refractivity contribution in [2.45, 2.75) is 73.2 Å². The molecule has 0 amide bonds. The van der Waals surface area contributed by atoms with Crippen molar-refractivity contribution in [3.05, 3.63) is 0 Å². The zero-order valence-corrected chi connectivity index (χ0v) is 14.4. The molecule has 0 saturated carbocycles. The van der Waals surface area contributed by atoms with Crippen LogP contribution >= 0.6 is 0 Å². The first-order chi connectivity index (χ1) is 9.87. The number of hydrogen-bond donors (Lipinski definition) is 0. The Morgan fingerprint density at radius 1 is 1.00 bits per heavy atom. The Kier molecular flexibility index (Phi) is 5.25. The summed E-state index contributed by atoms with van der Waals surface area (Å²) in [4.78, 5) is 36.1. The maximum Gasteiger partial charge on any atom is 0.352 e. The summed E-state index contributed by atoms with van der Waals surface area (Å²) in [6.45, 7) is 12.0. The molecular weight excluding hydrogens is 288 g/mol. The zero-order valence-electron chi connectivity index (χ0n) is 14.4. The monoisotopic (exact) mass is 314 g/mol. The molecule has 1 saturated heterocycles. The minimum Gasteiger partial charge on any atom is -0.455 e. The van der Waals surface area contributed by atoms with Gasteiger partial charge in [-0.3, -0.25) is 9.59 Å². The number of cyclic esters (lactones) is 1. The average Bonchev–Trinajstić information content (AvgIpc) is 2.64. The Morgan fingerprint density at radius 2 is 1.45 bits per heavy atom. The molecule has 3 atom stereocenters. The van der Waals surface area contributed by atoms with E-state index in [1.807, 2.05) is 6.92 Å². The van der Waals surface area contributed by atoms with Crippen LogP contribution in [0.4, 0.5) is 0 Å². The molecule has 0 bridgehead atoms. The molecule has 0 N–H and O–H groups in total. The van der Waals surface area contributed by atoms with Gasteiger partial charge in [-0.1, -0.05) is 6.92 Å². The van der Waals surface area contributed by atoms with Crippen LogP contribution in [0, 0.1) is 10.8 Å². The van der Waals surface area contributed by atoms with Crippen LogP contribution in [-0.2, 0) is 28.6 Å². The van der Waals surface area contributed by atoms with Gasteiger partial charge in [0.05, 0.1) is 10.8 Å². The lowest BCUT2D eigenvalue weighted by atomic mass is 9.96. The quantitative estimate of drug-likeness (QED) is 0.587. The van der Waals surface area contributed by atoms with Crippen molar-refractivity contribution in [2.75, 3.05) is 0 Å². The second-order valence-electron chi connectivity index (χ2n) is 7.58. The van der Waals surface area contributed by atoms with Gasteiger partial charge in [0.15, 0.2) is 6.10 Å². The topological polar surface area (TPSA) is 78.9 Å². The lowest BCUT2D eigenvalue weighted by molar-refractivity contribution is -0.177. The van der Waals surface area contributed by atoms with E-state index in [0.717, 1.165) is 0 Å². The van der Waals surface area contributed by atoms with Crippen molar-refractivity contribution in [3.8, 4) is 0 Å². The average molecular weight is 314 g/mol. The van der Waals surface area contributed by atoms with Crippen LogP contribution in [0.2, 0.25) is 0 Å². The van der Waals surface area contributed by atoms with Gasteiger partial charge >= 0.3 is 17.9 Å². The summed E-state index contributed by atoms with van der Waals surface area (Å²) in [5.74, 6) is -1.68. The molecule has 0 aliphatic carbocycles. The Balaban J connectivity index is 2.94. The second kappa shape index (κ2) is 6.26. The minimum absolute atomic E-state index is 0.467. The summed E-state index contributed by atoms with van der Waals surface area (Å²) in [6, 6.07) is 0. The van der Waals surface area contributed by atoms with Gasteiger partial charge in [0, 0.05) is 0 Å². The third-order valence-electron chi connectivity index (χ3n) is 3.27. The predicted octanol–water partition coefficient (Wildman–Crippen LogP) is 2.24. The summed E-state index contributed by atoms with van der Waals surface area (Å²) in [6.07, 6.45) is -2.24. The summed E-state index contributed by atoms with van der Waals surface area (Å²) < 4.78 is 15.8. The molecule has 0 radical (unpaired) electrons. The lowest BCUT2D eigenvalue weighted by Crippen LogP contribution is -2.43. The van der Waals surface area contributed by atoms with E-state index in [-0.39, 0.29) is 0 Å². The summed E-state index contributed by atoms with van der Waals surface area (Å²) in [5, 5.41) is 0. The van der Waals surface area contributed by atoms with Crippen molar-refractivity contribution >= 4 is 17.9 Å². The predicted molar refractivity (Wildman–Crippen MR) is 78.8 cm³/mol. The lowest BCUT2D eigenvalue weighted by Gasteiger charge is -2.26. The molecule has 1 rings (SSSR count). The molecule has 0 aromatic heterocycles. The molecule has 0 aromatic rings. The Bertz CT molecular complexity index is 454. The van der Waals surface area contributed by atoms with Crippen LogP contribution in [0.1, 0.15) is 54.9 Å². The summed E-state index contributed by atoms with van der Waals surface area (Å²) >= 11 is 0. The highest BCUT2D eigenvalue weighted by molar-refractivity contribution is 5.84. The van der Waals surface area contributed by atoms with Crippen LogP contribution in [-0.4, -0.2) is 36.2 Å². The first-order valence-corrected chi connectivity index (χ1v) is 7.50. The van der Waals surface area contributed by atoms with Gasteiger partial charge < -0.3 is 14.2 Å². The van der Waals surface area contributed by atoms with Gasteiger partial charge in [-0.25, -0.2) is 4.79 Å². The minimum atomic E-state index is -1.21. The number of carbonyl (C=O) groups excluding carboxylic acids is 3. The first kappa shape index (κ1) is 18.5. The molecule has 6 nitrogen and oxygen atoms in total. The molecule has 1 heterocycles. The Morgan fingerprint density at radius 3 is 1.86 bits per heavy atom. The number of ether oxygens (including phenoxy) is 3. The van der Waals surface area contributed by atoms with Crippen molar-refractivity contribution in [1.29, 1.82) is 0 Å². The van der Waals surface area contributed by atoms with Gasteiger partial charge in [0.25, 0.3) is 0 Å². The molecule has 0 aromatic carbocycles. The molecule has 6 heteroatoms. The normalized spacial score (nSPS) is 25.6. The SMILES string of the molecule is CC[C@@H]1OC(=O)[C@H](OC(=O)C(C)(C)C)[C@H]1OC(=O)C(C)(C)C. The van der Waals surface area contributed by atoms with Crippen LogP contribution in [0.25, 0.3) is 0 Å². The fraction of sp³-hybridized carbons (Fsp3) is 0.812. The van der Waals surface area contributed by atoms with Crippen molar-refractivity contribution in [2.24, 2.45) is 10.8 Å². The van der Waals surface area contributed by atoms with Crippen LogP contribution in [0.3, 0.4) is 0 Å². The fourth-order valence-electron chi connectivity index (χ4n) is 1.77. The summed E-state index contributed by atoms with van der Waals surface area (Å²) in [7, 11) is 0. The van der Waals surface area contributed by atoms with E-state index in [4.69, 9.17) is 14.2 Å². The van der Waals surface area contributed by atoms with Crippen LogP contribution < -0.4 is 0 Å². The molecule has 1 aliphatic rings. The zero-order chi connectivity index (χ0) is 17.3. The Labute approximate surface area is 131 Å². The number of esters is 3. The third kappa shape index (κ3) is 4.21. The standard InChI is InChI=1S/C16H26O6/c1-8-9-10(21-13(18)15(2,3)4)11(12(17)20-9)22-14(19)16(5,6)7/h9-11H,8H2,1-7H3/t9-,10-,11+/m0/s1. The van der Waals surface area contributed by atoms with Gasteiger partial charge in [-0.15, -0.1) is 0 Å². The van der Waals surface area contributed by atoms with Gasteiger partial charge in [0.1, 0.15) is 6.10 Å². The smallest absolute Gasteiger partial charge is 0.352 e. The number of carbonyl (C=O) groups is 3. The van der Waals surface area contributed by atoms with E-state index in [0.29, 0.717) is 6.42 Å². The van der Waals surface area contributed by atoms with E-state index in [9.17, 15) is 14.4 Å². The highest BCUT2D eigenvalue weighted by atomic mass is 16.7. The summed E-state index contributed by atoms with van der Waals surface area (Å²) in [5.41, 5.74) is -1.48. The molecule has 0 spiro atoms. The molecular formula is C16H26O6. The van der Waals surface area contributed by atoms with Gasteiger partial charge in [0.2, 0.25) is 6.10 Å². The van der Waals surface area contributed by atoms with E-state index < -0.39 is 47.0 Å². The van der Waals surface area contributed by atoms with E-state index in [1.165, 1.54) is 0 Å². The maximum atomic E-state index is 12.1. The second-order valence-corrected chi connectivity index (χ2v) is 7.58. The number of rotatable bonds is 3. The van der Waals surface area contributed by atoms with Crippen molar-refractivity contribution in [1.82, 2.24) is 0 Å². The Hall–Kier alpha value is -1.59. The van der Waals surface area contributed by atoms with Gasteiger partial charge in [-0.05, 0) is 48.0 Å². The first-order valence-electron chi connectivity index (χ1n) is 7.50. The van der Waals surface area contributed by atoms with E-state index >= 15 is 0 Å². The largest absolute Gasteiger partial charge is 0.455 e. The third-order valence-corrected chi connectivity index (χ3v) is 3.27. The molecule has 1 aliphatic heterocycles. The molecule has 0 unspecified atom stereocenters. The van der Waals surface area contributed by atoms with Crippen LogP contribution in [0.15, 0.2) is 0 Å². The highest BCUT2D eigenvalue weighted by Crippen LogP contribution is 2.29. The maximum absolute atomic E-state index is 12.1. The highest BCUT2D eigenvalue weighted by Gasteiger charge is 2.50. The molecule has 22 heavy (non-hydrogen) atoms. The number of hydrogen-bond acceptors (Lipinski definition) is 6. The van der Waals surface area contributed by atoms with Crippen molar-refractivity contribution in [3.63, 3.8) is 0 Å². The van der Waals surface area contributed by atoms with Crippen molar-refractivity contribution < 1.29 is 28.6 Å². The van der Waals surface area contributed by atoms with E-state index in [1.54, 1.807) is 41.5 Å². The fourth-order valence-corrected chi connectivity index (χ4v) is 1.77. The van der Waals surface area contributed by atoms with Crippen LogP contribution in [0.5, 0.6) is 0 Å². The van der Waals surface area contributed by atoms with E-state index in [2.05, 4.69) is 0 Å². The van der Waals surface area contributed by atoms with Gasteiger partial charge in [-0.2, -0.15) is 0 Å².